The standard InChI is InChI=1S/C20H24ClN3O5S/c21-14-6-7-16(18(25)19(14)30(27,28)12-3-2-9-22-11-12)24-20(26)23-15-4-1-5-17-13(15)8-10-29-17/h6-8,10,12,15,22,25H,1-5,9,11H2,(H2,23,24,26)/t12-,15+/m0/s1. The van der Waals surface area contributed by atoms with Gasteiger partial charge in [-0.05, 0) is 50.4 Å². The van der Waals surface area contributed by atoms with Gasteiger partial charge in [-0.25, -0.2) is 13.2 Å². The van der Waals surface area contributed by atoms with Crippen molar-refractivity contribution < 1.29 is 22.7 Å². The van der Waals surface area contributed by atoms with E-state index in [1.54, 1.807) is 6.26 Å². The number of carbonyl (C=O) groups is 1. The average Bonchev–Trinajstić information content (AvgIpc) is 3.21. The Labute approximate surface area is 179 Å². The largest absolute Gasteiger partial charge is 0.504 e. The van der Waals surface area contributed by atoms with E-state index < -0.39 is 26.9 Å². The van der Waals surface area contributed by atoms with Crippen molar-refractivity contribution in [1.82, 2.24) is 10.6 Å². The van der Waals surface area contributed by atoms with Crippen molar-refractivity contribution in [3.05, 3.63) is 40.8 Å². The molecule has 1 aromatic heterocycles. The summed E-state index contributed by atoms with van der Waals surface area (Å²) in [6.07, 6.45) is 5.29. The van der Waals surface area contributed by atoms with E-state index in [0.29, 0.717) is 13.0 Å². The molecule has 8 nitrogen and oxygen atoms in total. The van der Waals surface area contributed by atoms with Crippen LogP contribution in [0.15, 0.2) is 33.8 Å². The van der Waals surface area contributed by atoms with Gasteiger partial charge in [0.05, 0.1) is 28.3 Å². The number of amides is 2. The zero-order valence-electron chi connectivity index (χ0n) is 16.3. The Balaban J connectivity index is 1.54. The number of furan rings is 1. The minimum atomic E-state index is -3.87. The van der Waals surface area contributed by atoms with Gasteiger partial charge in [-0.3, -0.25) is 0 Å². The van der Waals surface area contributed by atoms with Crippen molar-refractivity contribution in [2.24, 2.45) is 0 Å². The number of sulfone groups is 1. The molecule has 1 saturated heterocycles. The van der Waals surface area contributed by atoms with Gasteiger partial charge in [0.25, 0.3) is 0 Å². The van der Waals surface area contributed by atoms with Crippen molar-refractivity contribution in [2.75, 3.05) is 18.4 Å². The van der Waals surface area contributed by atoms with Gasteiger partial charge in [0.15, 0.2) is 15.6 Å². The molecule has 2 aliphatic rings. The van der Waals surface area contributed by atoms with Crippen molar-refractivity contribution in [3.63, 3.8) is 0 Å². The molecule has 0 spiro atoms. The molecule has 4 rings (SSSR count). The van der Waals surface area contributed by atoms with Crippen molar-refractivity contribution in [1.29, 1.82) is 0 Å². The summed E-state index contributed by atoms with van der Waals surface area (Å²) in [5.41, 5.74) is 0.923. The van der Waals surface area contributed by atoms with Gasteiger partial charge < -0.3 is 25.5 Å². The Morgan fingerprint density at radius 1 is 1.23 bits per heavy atom. The third-order valence-corrected chi connectivity index (χ3v) is 8.35. The number of anilines is 1. The first-order valence-corrected chi connectivity index (χ1v) is 11.9. The van der Waals surface area contributed by atoms with Gasteiger partial charge in [-0.1, -0.05) is 11.6 Å². The van der Waals surface area contributed by atoms with Crippen LogP contribution in [-0.4, -0.2) is 37.9 Å². The highest BCUT2D eigenvalue weighted by atomic mass is 35.5. The third-order valence-electron chi connectivity index (χ3n) is 5.66. The molecule has 10 heteroatoms. The zero-order valence-corrected chi connectivity index (χ0v) is 17.9. The number of hydrogen-bond acceptors (Lipinski definition) is 6. The zero-order chi connectivity index (χ0) is 21.3. The molecule has 4 N–H and O–H groups in total. The van der Waals surface area contributed by atoms with Crippen molar-refractivity contribution >= 4 is 33.2 Å². The Morgan fingerprint density at radius 3 is 2.83 bits per heavy atom. The first-order valence-electron chi connectivity index (χ1n) is 9.98. The monoisotopic (exact) mass is 453 g/mol. The van der Waals surface area contributed by atoms with Gasteiger partial charge in [0.1, 0.15) is 10.7 Å². The topological polar surface area (TPSA) is 121 Å². The summed E-state index contributed by atoms with van der Waals surface area (Å²) < 4.78 is 31.6. The molecule has 1 fully saturated rings. The fourth-order valence-corrected chi connectivity index (χ4v) is 6.46. The summed E-state index contributed by atoms with van der Waals surface area (Å²) >= 11 is 6.14. The van der Waals surface area contributed by atoms with Crippen LogP contribution in [0, 0.1) is 0 Å². The second-order valence-electron chi connectivity index (χ2n) is 7.63. The van der Waals surface area contributed by atoms with Crippen molar-refractivity contribution in [3.8, 4) is 5.75 Å². The SMILES string of the molecule is O=C(Nc1ccc(Cl)c(S(=O)(=O)[C@H]2CCCNC2)c1O)N[C@@H]1CCCc2occc21. The molecular weight excluding hydrogens is 430 g/mol. The molecular formula is C20H24ClN3O5S. The number of piperidine rings is 1. The number of nitrogens with one attached hydrogen (secondary N) is 3. The molecule has 2 amide bonds. The predicted molar refractivity (Wildman–Crippen MR) is 113 cm³/mol. The van der Waals surface area contributed by atoms with E-state index in [9.17, 15) is 18.3 Å². The molecule has 0 bridgehead atoms. The molecule has 30 heavy (non-hydrogen) atoms. The normalized spacial score (nSPS) is 21.6. The number of carbonyl (C=O) groups excluding carboxylic acids is 1. The number of aromatic hydroxyl groups is 1. The van der Waals surface area contributed by atoms with Crippen LogP contribution < -0.4 is 16.0 Å². The van der Waals surface area contributed by atoms with Crippen LogP contribution in [0.4, 0.5) is 10.5 Å². The number of urea groups is 1. The maximum Gasteiger partial charge on any atom is 0.319 e. The molecule has 2 heterocycles. The van der Waals surface area contributed by atoms with E-state index in [1.165, 1.54) is 12.1 Å². The fourth-order valence-electron chi connectivity index (χ4n) is 4.12. The highest BCUT2D eigenvalue weighted by molar-refractivity contribution is 7.92. The fraction of sp³-hybridized carbons (Fsp3) is 0.450. The number of halogens is 1. The van der Waals surface area contributed by atoms with Crippen LogP contribution in [0.25, 0.3) is 0 Å². The van der Waals surface area contributed by atoms with Crippen LogP contribution in [0.1, 0.15) is 43.0 Å². The second-order valence-corrected chi connectivity index (χ2v) is 10.2. The Bertz CT molecular complexity index is 1050. The number of hydrogen-bond donors (Lipinski definition) is 4. The van der Waals surface area contributed by atoms with Gasteiger partial charge in [-0.2, -0.15) is 0 Å². The summed E-state index contributed by atoms with van der Waals surface area (Å²) in [6, 6.07) is 3.84. The minimum Gasteiger partial charge on any atom is -0.504 e. The lowest BCUT2D eigenvalue weighted by molar-refractivity contribution is 0.246. The molecule has 2 aromatic rings. The van der Waals surface area contributed by atoms with E-state index >= 15 is 0 Å². The number of aryl methyl sites for hydroxylation is 1. The number of fused-ring (bicyclic) bond motifs is 1. The number of phenols is 1. The molecule has 1 aliphatic heterocycles. The van der Waals surface area contributed by atoms with Crippen LogP contribution in [0.2, 0.25) is 5.02 Å². The maximum absolute atomic E-state index is 13.1. The molecule has 0 unspecified atom stereocenters. The number of phenolic OH excluding ortho intramolecular Hbond substituents is 1. The number of rotatable bonds is 4. The molecule has 1 aliphatic carbocycles. The Hall–Kier alpha value is -2.23. The lowest BCUT2D eigenvalue weighted by atomic mass is 9.93. The summed E-state index contributed by atoms with van der Waals surface area (Å²) in [5.74, 6) is 0.311. The first kappa shape index (κ1) is 21.0. The van der Waals surface area contributed by atoms with Crippen LogP contribution in [0.3, 0.4) is 0 Å². The Morgan fingerprint density at radius 2 is 2.07 bits per heavy atom. The lowest BCUT2D eigenvalue weighted by Gasteiger charge is -2.25. The van der Waals surface area contributed by atoms with E-state index in [0.717, 1.165) is 43.6 Å². The smallest absolute Gasteiger partial charge is 0.319 e. The average molecular weight is 454 g/mol. The summed E-state index contributed by atoms with van der Waals surface area (Å²) in [6.45, 7) is 1.05. The number of benzene rings is 1. The predicted octanol–water partition coefficient (Wildman–Crippen LogP) is 3.36. The Kier molecular flexibility index (Phi) is 5.95. The molecule has 162 valence electrons. The highest BCUT2D eigenvalue weighted by Gasteiger charge is 2.34. The van der Waals surface area contributed by atoms with E-state index in [-0.39, 0.29) is 21.6 Å². The first-order chi connectivity index (χ1) is 14.4. The van der Waals surface area contributed by atoms with Gasteiger partial charge in [-0.15, -0.1) is 0 Å². The molecule has 0 saturated carbocycles. The van der Waals surface area contributed by atoms with Gasteiger partial charge in [0.2, 0.25) is 0 Å². The van der Waals surface area contributed by atoms with Crippen LogP contribution in [0.5, 0.6) is 5.75 Å². The van der Waals surface area contributed by atoms with Gasteiger partial charge >= 0.3 is 6.03 Å². The summed E-state index contributed by atoms with van der Waals surface area (Å²) in [5, 5.41) is 18.4. The molecule has 1 aromatic carbocycles. The third kappa shape index (κ3) is 4.01. The van der Waals surface area contributed by atoms with Gasteiger partial charge in [0, 0.05) is 18.5 Å². The van der Waals surface area contributed by atoms with E-state index in [2.05, 4.69) is 16.0 Å². The maximum atomic E-state index is 13.1. The quantitative estimate of drug-likeness (QED) is 0.527. The summed E-state index contributed by atoms with van der Waals surface area (Å²) in [7, 11) is -3.87. The molecule has 0 radical (unpaired) electrons. The van der Waals surface area contributed by atoms with Crippen molar-refractivity contribution in [2.45, 2.75) is 48.3 Å². The van der Waals surface area contributed by atoms with Crippen LogP contribution in [-0.2, 0) is 16.3 Å². The highest BCUT2D eigenvalue weighted by Crippen LogP contribution is 2.39. The lowest BCUT2D eigenvalue weighted by Crippen LogP contribution is -2.39. The van der Waals surface area contributed by atoms with Crippen LogP contribution >= 0.6 is 11.6 Å². The van der Waals surface area contributed by atoms with E-state index in [1.807, 2.05) is 6.07 Å². The van der Waals surface area contributed by atoms with E-state index in [4.69, 9.17) is 16.0 Å². The molecule has 2 atom stereocenters. The minimum absolute atomic E-state index is 0.0116. The second kappa shape index (κ2) is 8.49. The summed E-state index contributed by atoms with van der Waals surface area (Å²) in [4.78, 5) is 12.2.